The van der Waals surface area contributed by atoms with Crippen molar-refractivity contribution < 1.29 is 27.6 Å². The normalized spacial score (nSPS) is 11.7. The van der Waals surface area contributed by atoms with Crippen LogP contribution in [0.5, 0.6) is 0 Å². The van der Waals surface area contributed by atoms with E-state index in [0.29, 0.717) is 14.7 Å². The van der Waals surface area contributed by atoms with Crippen LogP contribution in [0.4, 0.5) is 19.4 Å². The highest BCUT2D eigenvalue weighted by Crippen LogP contribution is 2.31. The third-order valence-corrected chi connectivity index (χ3v) is 6.22. The first-order chi connectivity index (χ1) is 16.7. The third-order valence-electron chi connectivity index (χ3n) is 4.80. The van der Waals surface area contributed by atoms with Gasteiger partial charge in [-0.25, -0.2) is 19.0 Å². The first-order valence-electron chi connectivity index (χ1n) is 10.2. The maximum Gasteiger partial charge on any atom is 0.412 e. The lowest BCUT2D eigenvalue weighted by molar-refractivity contribution is -0.136. The van der Waals surface area contributed by atoms with Gasteiger partial charge in [-0.15, -0.1) is 0 Å². The quantitative estimate of drug-likeness (QED) is 0.241. The first-order valence-corrected chi connectivity index (χ1v) is 11.7. The van der Waals surface area contributed by atoms with E-state index in [1.807, 2.05) is 22.6 Å². The average molecular weight is 620 g/mol. The number of rotatable bonds is 9. The van der Waals surface area contributed by atoms with Gasteiger partial charge in [0.1, 0.15) is 21.8 Å². The predicted octanol–water partition coefficient (Wildman–Crippen LogP) is 4.31. The molecule has 0 aliphatic carbocycles. The topological polar surface area (TPSA) is 123 Å². The summed E-state index contributed by atoms with van der Waals surface area (Å²) < 4.78 is 38.1. The highest BCUT2D eigenvalue weighted by Gasteiger charge is 2.23. The van der Waals surface area contributed by atoms with Crippen molar-refractivity contribution in [3.8, 4) is 11.3 Å². The second-order valence-electron chi connectivity index (χ2n) is 7.23. The molecule has 35 heavy (non-hydrogen) atoms. The van der Waals surface area contributed by atoms with Crippen LogP contribution < -0.4 is 16.5 Å². The van der Waals surface area contributed by atoms with Gasteiger partial charge in [0.05, 0.1) is 11.1 Å². The molecule has 1 aromatic heterocycles. The SMILES string of the molecule is CC(=O)N(NCc1cccc(F)c1Cl)[C@@H](CN)COC(=O)Nc1noc(-c2cccc(F)c2)c1I. The molecular weight excluding hydrogens is 599 g/mol. The number of nitrogens with two attached hydrogens (primary N) is 1. The standard InChI is InChI=1S/C22H21ClF2IN5O4/c1-12(32)31(28-10-14-5-3-7-17(25)18(14)23)16(9-27)11-34-22(33)29-21-19(26)20(35-30-21)13-4-2-6-15(24)8-13/h2-8,16,28H,9-11,27H2,1H3,(H,29,30,33)/t16-/m0/s1. The molecule has 0 radical (unpaired) electrons. The van der Waals surface area contributed by atoms with E-state index < -0.39 is 29.7 Å². The highest BCUT2D eigenvalue weighted by molar-refractivity contribution is 14.1. The zero-order valence-corrected chi connectivity index (χ0v) is 21.3. The van der Waals surface area contributed by atoms with Crippen LogP contribution in [0.25, 0.3) is 11.3 Å². The first kappa shape index (κ1) is 26.8. The molecule has 0 saturated heterocycles. The highest BCUT2D eigenvalue weighted by atomic mass is 127. The number of hydrogen-bond acceptors (Lipinski definition) is 7. The van der Waals surface area contributed by atoms with E-state index in [1.54, 1.807) is 12.1 Å². The second-order valence-corrected chi connectivity index (χ2v) is 8.69. The summed E-state index contributed by atoms with van der Waals surface area (Å²) in [4.78, 5) is 24.5. The Hall–Kier alpha value is -2.81. The van der Waals surface area contributed by atoms with Gasteiger partial charge in [-0.3, -0.25) is 15.1 Å². The van der Waals surface area contributed by atoms with E-state index >= 15 is 0 Å². The van der Waals surface area contributed by atoms with Crippen LogP contribution in [-0.4, -0.2) is 41.4 Å². The number of hydrogen-bond donors (Lipinski definition) is 3. The summed E-state index contributed by atoms with van der Waals surface area (Å²) in [7, 11) is 0. The van der Waals surface area contributed by atoms with Crippen LogP contribution in [0.2, 0.25) is 5.02 Å². The largest absolute Gasteiger partial charge is 0.447 e. The Morgan fingerprint density at radius 3 is 2.71 bits per heavy atom. The summed E-state index contributed by atoms with van der Waals surface area (Å²) in [6.07, 6.45) is -0.864. The number of ether oxygens (including phenoxy) is 1. The van der Waals surface area contributed by atoms with Crippen molar-refractivity contribution in [3.05, 3.63) is 68.3 Å². The summed E-state index contributed by atoms with van der Waals surface area (Å²) in [5, 5.41) is 7.36. The summed E-state index contributed by atoms with van der Waals surface area (Å²) in [5.74, 6) is -1.06. The molecule has 3 aromatic rings. The molecule has 2 amide bonds. The third kappa shape index (κ3) is 6.87. The molecule has 4 N–H and O–H groups in total. The second kappa shape index (κ2) is 12.2. The van der Waals surface area contributed by atoms with Crippen LogP contribution in [0.1, 0.15) is 12.5 Å². The van der Waals surface area contributed by atoms with Gasteiger partial charge in [-0.05, 0) is 46.4 Å². The minimum Gasteiger partial charge on any atom is -0.447 e. The molecule has 0 aliphatic rings. The molecule has 3 rings (SSSR count). The lowest BCUT2D eigenvalue weighted by atomic mass is 10.2. The average Bonchev–Trinajstić information content (AvgIpc) is 3.18. The number of hydrazine groups is 1. The lowest BCUT2D eigenvalue weighted by Crippen LogP contribution is -2.53. The summed E-state index contributed by atoms with van der Waals surface area (Å²) >= 11 is 7.86. The Bertz CT molecular complexity index is 1210. The smallest absolute Gasteiger partial charge is 0.412 e. The van der Waals surface area contributed by atoms with E-state index in [2.05, 4.69) is 15.9 Å². The van der Waals surface area contributed by atoms with Crippen LogP contribution in [-0.2, 0) is 16.1 Å². The molecule has 0 fully saturated rings. The molecule has 0 saturated carbocycles. The van der Waals surface area contributed by atoms with E-state index in [4.69, 9.17) is 26.6 Å². The molecule has 9 nitrogen and oxygen atoms in total. The molecule has 1 atom stereocenters. The number of aromatic nitrogens is 1. The molecule has 0 spiro atoms. The fourth-order valence-electron chi connectivity index (χ4n) is 3.07. The van der Waals surface area contributed by atoms with Crippen molar-refractivity contribution in [3.63, 3.8) is 0 Å². The minimum atomic E-state index is -0.864. The molecule has 0 bridgehead atoms. The molecule has 2 aromatic carbocycles. The van der Waals surface area contributed by atoms with Crippen molar-refractivity contribution in [2.45, 2.75) is 19.5 Å². The number of nitrogens with one attached hydrogen (secondary N) is 2. The van der Waals surface area contributed by atoms with Gasteiger partial charge >= 0.3 is 6.09 Å². The van der Waals surface area contributed by atoms with Crippen LogP contribution in [0.15, 0.2) is 47.0 Å². The van der Waals surface area contributed by atoms with Gasteiger partial charge in [-0.2, -0.15) is 0 Å². The molecule has 0 unspecified atom stereocenters. The summed E-state index contributed by atoms with van der Waals surface area (Å²) in [6.45, 7) is 1.05. The number of anilines is 1. The number of carbonyl (C=O) groups is 2. The lowest BCUT2D eigenvalue weighted by Gasteiger charge is -2.30. The Morgan fingerprint density at radius 1 is 1.29 bits per heavy atom. The number of nitrogens with zero attached hydrogens (tertiary/aromatic N) is 2. The van der Waals surface area contributed by atoms with E-state index in [1.165, 1.54) is 42.3 Å². The van der Waals surface area contributed by atoms with Gasteiger partial charge < -0.3 is 15.0 Å². The van der Waals surface area contributed by atoms with Gasteiger partial charge in [0.15, 0.2) is 11.6 Å². The predicted molar refractivity (Wildman–Crippen MR) is 133 cm³/mol. The monoisotopic (exact) mass is 619 g/mol. The Labute approximate surface area is 218 Å². The van der Waals surface area contributed by atoms with Crippen molar-refractivity contribution >= 4 is 52.0 Å². The van der Waals surface area contributed by atoms with Crippen molar-refractivity contribution in [2.24, 2.45) is 5.73 Å². The fourth-order valence-corrected chi connectivity index (χ4v) is 3.91. The summed E-state index contributed by atoms with van der Waals surface area (Å²) in [6, 6.07) is 9.32. The Balaban J connectivity index is 1.60. The van der Waals surface area contributed by atoms with Crippen molar-refractivity contribution in [2.75, 3.05) is 18.5 Å². The van der Waals surface area contributed by atoms with E-state index in [0.717, 1.165) is 0 Å². The van der Waals surface area contributed by atoms with Gasteiger partial charge in [0.2, 0.25) is 5.91 Å². The van der Waals surface area contributed by atoms with Gasteiger partial charge in [0.25, 0.3) is 0 Å². The number of amides is 2. The number of carbonyl (C=O) groups excluding carboxylic acids is 2. The zero-order chi connectivity index (χ0) is 25.5. The van der Waals surface area contributed by atoms with E-state index in [-0.39, 0.29) is 36.3 Å². The Kier molecular flexibility index (Phi) is 9.37. The molecule has 1 heterocycles. The molecular formula is C22H21ClF2IN5O4. The van der Waals surface area contributed by atoms with E-state index in [9.17, 15) is 18.4 Å². The molecule has 13 heteroatoms. The van der Waals surface area contributed by atoms with Crippen LogP contribution in [0.3, 0.4) is 0 Å². The summed E-state index contributed by atoms with van der Waals surface area (Å²) in [5.41, 5.74) is 9.52. The van der Waals surface area contributed by atoms with Crippen LogP contribution >= 0.6 is 34.2 Å². The zero-order valence-electron chi connectivity index (χ0n) is 18.4. The van der Waals surface area contributed by atoms with Gasteiger partial charge in [-0.1, -0.05) is 41.0 Å². The number of benzene rings is 2. The maximum atomic E-state index is 13.7. The van der Waals surface area contributed by atoms with Crippen molar-refractivity contribution in [1.29, 1.82) is 0 Å². The number of halogens is 4. The molecule has 186 valence electrons. The Morgan fingerprint density at radius 2 is 2.03 bits per heavy atom. The van der Waals surface area contributed by atoms with Crippen LogP contribution in [0, 0.1) is 15.2 Å². The maximum absolute atomic E-state index is 13.7. The minimum absolute atomic E-state index is 0.0397. The van der Waals surface area contributed by atoms with Crippen molar-refractivity contribution in [1.82, 2.24) is 15.6 Å². The molecule has 0 aliphatic heterocycles. The fraction of sp³-hybridized carbons (Fsp3) is 0.227. The van der Waals surface area contributed by atoms with Gasteiger partial charge in [0, 0.05) is 25.6 Å².